The molecular weight excluding hydrogens is 306 g/mol. The minimum Gasteiger partial charge on any atom is -0.544 e. The van der Waals surface area contributed by atoms with Gasteiger partial charge in [0, 0.05) is 17.1 Å². The number of hydrogen-bond donors (Lipinski definition) is 3. The number of nitrogens with two attached hydrogens (primary N) is 2. The molecule has 22 heavy (non-hydrogen) atoms. The van der Waals surface area contributed by atoms with Gasteiger partial charge in [0.15, 0.2) is 0 Å². The first-order valence-electron chi connectivity index (χ1n) is 7.32. The number of amides is 1. The predicted octanol–water partition coefficient (Wildman–Crippen LogP) is -1.76. The molecule has 1 aromatic rings. The standard InChI is InChI=1S/C15H22ClN3O3/c1-10-11(16)5-3-6-12(10)19-14(20)9-13(15(21)22)18-8-4-7-17-2/h3,5-6,13,17-18H,4,7-9H2,1-2H3,(H,19,20)(H,21,22)/p+1/t13-/m1/s1. The number of halogens is 1. The summed E-state index contributed by atoms with van der Waals surface area (Å²) in [5.41, 5.74) is 1.35. The maximum absolute atomic E-state index is 12.0. The minimum absolute atomic E-state index is 0.135. The lowest BCUT2D eigenvalue weighted by Gasteiger charge is -2.16. The van der Waals surface area contributed by atoms with Gasteiger partial charge in [-0.3, -0.25) is 4.79 Å². The van der Waals surface area contributed by atoms with E-state index in [2.05, 4.69) is 5.32 Å². The molecule has 6 nitrogen and oxygen atoms in total. The molecule has 0 aliphatic heterocycles. The maximum atomic E-state index is 12.0. The summed E-state index contributed by atoms with van der Waals surface area (Å²) >= 11 is 5.99. The number of carbonyl (C=O) groups excluding carboxylic acids is 2. The van der Waals surface area contributed by atoms with Crippen molar-refractivity contribution < 1.29 is 25.3 Å². The Morgan fingerprint density at radius 2 is 2.09 bits per heavy atom. The molecule has 0 aromatic heterocycles. The average molecular weight is 329 g/mol. The first kappa shape index (κ1) is 18.4. The van der Waals surface area contributed by atoms with Gasteiger partial charge < -0.3 is 25.9 Å². The van der Waals surface area contributed by atoms with Crippen LogP contribution >= 0.6 is 11.6 Å². The van der Waals surface area contributed by atoms with E-state index in [4.69, 9.17) is 11.6 Å². The molecule has 0 spiro atoms. The smallest absolute Gasteiger partial charge is 0.230 e. The van der Waals surface area contributed by atoms with Crippen molar-refractivity contribution >= 4 is 29.2 Å². The number of aliphatic carboxylic acids is 1. The molecular formula is C15H23ClN3O3+. The van der Waals surface area contributed by atoms with Crippen LogP contribution in [-0.4, -0.2) is 38.1 Å². The van der Waals surface area contributed by atoms with Crippen molar-refractivity contribution in [3.8, 4) is 0 Å². The second-order valence-electron chi connectivity index (χ2n) is 5.17. The number of nitrogens with one attached hydrogen (secondary N) is 1. The van der Waals surface area contributed by atoms with Gasteiger partial charge in [-0.05, 0) is 24.6 Å². The molecule has 0 bridgehead atoms. The van der Waals surface area contributed by atoms with E-state index >= 15 is 0 Å². The summed E-state index contributed by atoms with van der Waals surface area (Å²) in [7, 11) is 1.96. The molecule has 1 atom stereocenters. The Balaban J connectivity index is 2.56. The van der Waals surface area contributed by atoms with E-state index in [1.165, 1.54) is 0 Å². The first-order valence-corrected chi connectivity index (χ1v) is 7.70. The molecule has 0 fully saturated rings. The lowest BCUT2D eigenvalue weighted by molar-refractivity contribution is -0.692. The Bertz CT molecular complexity index is 523. The van der Waals surface area contributed by atoms with Crippen LogP contribution in [0, 0.1) is 6.92 Å². The van der Waals surface area contributed by atoms with E-state index in [-0.39, 0.29) is 12.3 Å². The second-order valence-corrected chi connectivity index (χ2v) is 5.57. The van der Waals surface area contributed by atoms with E-state index in [0.717, 1.165) is 18.5 Å². The van der Waals surface area contributed by atoms with Gasteiger partial charge in [0.05, 0.1) is 32.5 Å². The molecule has 0 aliphatic carbocycles. The summed E-state index contributed by atoms with van der Waals surface area (Å²) in [6, 6.07) is 4.31. The highest BCUT2D eigenvalue weighted by molar-refractivity contribution is 6.31. The van der Waals surface area contributed by atoms with Crippen LogP contribution in [0.3, 0.4) is 0 Å². The van der Waals surface area contributed by atoms with Gasteiger partial charge in [0.25, 0.3) is 0 Å². The first-order chi connectivity index (χ1) is 10.5. The fraction of sp³-hybridized carbons (Fsp3) is 0.467. The normalized spacial score (nSPS) is 12.0. The van der Waals surface area contributed by atoms with Gasteiger partial charge in [-0.15, -0.1) is 0 Å². The highest BCUT2D eigenvalue weighted by Gasteiger charge is 2.18. The Hall–Kier alpha value is -1.63. The lowest BCUT2D eigenvalue weighted by atomic mass is 10.1. The summed E-state index contributed by atoms with van der Waals surface area (Å²) < 4.78 is 0. The van der Waals surface area contributed by atoms with Crippen molar-refractivity contribution in [3.63, 3.8) is 0 Å². The van der Waals surface area contributed by atoms with Gasteiger partial charge in [-0.2, -0.15) is 0 Å². The van der Waals surface area contributed by atoms with Crippen molar-refractivity contribution in [2.75, 3.05) is 25.5 Å². The third-order valence-electron chi connectivity index (χ3n) is 3.40. The van der Waals surface area contributed by atoms with Crippen molar-refractivity contribution in [1.82, 2.24) is 0 Å². The number of carboxylic acids is 1. The van der Waals surface area contributed by atoms with Gasteiger partial charge in [-0.1, -0.05) is 17.7 Å². The van der Waals surface area contributed by atoms with E-state index < -0.39 is 12.0 Å². The van der Waals surface area contributed by atoms with Gasteiger partial charge in [0.1, 0.15) is 6.04 Å². The van der Waals surface area contributed by atoms with E-state index in [0.29, 0.717) is 17.3 Å². The van der Waals surface area contributed by atoms with Gasteiger partial charge in [-0.25, -0.2) is 0 Å². The highest BCUT2D eigenvalue weighted by atomic mass is 35.5. The molecule has 1 aromatic carbocycles. The van der Waals surface area contributed by atoms with Crippen LogP contribution in [-0.2, 0) is 9.59 Å². The number of quaternary nitrogens is 2. The number of anilines is 1. The number of carboxylic acid groups (broad SMARTS) is 1. The molecule has 0 saturated heterocycles. The Kier molecular flexibility index (Phi) is 7.87. The Labute approximate surface area is 135 Å². The van der Waals surface area contributed by atoms with E-state index in [1.54, 1.807) is 30.4 Å². The van der Waals surface area contributed by atoms with Crippen LogP contribution in [0.2, 0.25) is 5.02 Å². The lowest BCUT2D eigenvalue weighted by Crippen LogP contribution is -2.94. The monoisotopic (exact) mass is 328 g/mol. The molecule has 1 rings (SSSR count). The summed E-state index contributed by atoms with van der Waals surface area (Å²) in [4.78, 5) is 23.1. The molecule has 0 saturated carbocycles. The number of hydrogen-bond acceptors (Lipinski definition) is 3. The second kappa shape index (κ2) is 9.40. The fourth-order valence-corrected chi connectivity index (χ4v) is 2.22. The molecule has 0 unspecified atom stereocenters. The number of carbonyl (C=O) groups is 2. The summed E-state index contributed by atoms with van der Waals surface area (Å²) in [5, 5.41) is 18.0. The summed E-state index contributed by atoms with van der Waals surface area (Å²) in [5.74, 6) is -1.59. The van der Waals surface area contributed by atoms with Crippen LogP contribution in [0.4, 0.5) is 5.69 Å². The number of benzene rings is 1. The largest absolute Gasteiger partial charge is 0.544 e. The van der Waals surface area contributed by atoms with Gasteiger partial charge >= 0.3 is 0 Å². The van der Waals surface area contributed by atoms with Crippen molar-refractivity contribution in [2.24, 2.45) is 0 Å². The van der Waals surface area contributed by atoms with Crippen LogP contribution in [0.5, 0.6) is 0 Å². The molecule has 5 N–H and O–H groups in total. The Morgan fingerprint density at radius 1 is 1.36 bits per heavy atom. The molecule has 0 aliphatic rings. The highest BCUT2D eigenvalue weighted by Crippen LogP contribution is 2.22. The predicted molar refractivity (Wildman–Crippen MR) is 82.4 cm³/mol. The topological polar surface area (TPSA) is 102 Å². The third-order valence-corrected chi connectivity index (χ3v) is 3.81. The zero-order valence-corrected chi connectivity index (χ0v) is 13.7. The molecule has 7 heteroatoms. The van der Waals surface area contributed by atoms with Crippen molar-refractivity contribution in [2.45, 2.75) is 25.8 Å². The van der Waals surface area contributed by atoms with Crippen LogP contribution in [0.1, 0.15) is 18.4 Å². The molecule has 0 radical (unpaired) electrons. The van der Waals surface area contributed by atoms with Crippen molar-refractivity contribution in [1.29, 1.82) is 0 Å². The molecule has 0 heterocycles. The van der Waals surface area contributed by atoms with E-state index in [1.807, 2.05) is 12.4 Å². The van der Waals surface area contributed by atoms with Crippen LogP contribution in [0.15, 0.2) is 18.2 Å². The average Bonchev–Trinajstić information content (AvgIpc) is 2.47. The fourth-order valence-electron chi connectivity index (χ4n) is 2.05. The van der Waals surface area contributed by atoms with Gasteiger partial charge in [0.2, 0.25) is 5.91 Å². The molecule has 122 valence electrons. The Morgan fingerprint density at radius 3 is 2.73 bits per heavy atom. The zero-order chi connectivity index (χ0) is 16.5. The summed E-state index contributed by atoms with van der Waals surface area (Å²) in [6.45, 7) is 3.36. The summed E-state index contributed by atoms with van der Waals surface area (Å²) in [6.07, 6.45) is 0.736. The zero-order valence-electron chi connectivity index (χ0n) is 12.9. The SMILES string of the molecule is C[NH2+]CCC[NH2+][C@H](CC(=O)Nc1cccc(Cl)c1C)C(=O)[O-]. The number of rotatable bonds is 9. The minimum atomic E-state index is -1.22. The molecule has 1 amide bonds. The third kappa shape index (κ3) is 6.01. The van der Waals surface area contributed by atoms with Crippen LogP contribution < -0.4 is 21.1 Å². The quantitative estimate of drug-likeness (QED) is 0.468. The van der Waals surface area contributed by atoms with Crippen molar-refractivity contribution in [3.05, 3.63) is 28.8 Å². The maximum Gasteiger partial charge on any atom is 0.230 e. The van der Waals surface area contributed by atoms with E-state index in [9.17, 15) is 14.7 Å². The van der Waals surface area contributed by atoms with Crippen LogP contribution in [0.25, 0.3) is 0 Å².